The molecule has 0 rings (SSSR count). The van der Waals surface area contributed by atoms with Crippen LogP contribution in [0.15, 0.2) is 0 Å². The molecule has 0 unspecified atom stereocenters. The minimum Gasteiger partial charge on any atom is -0.0634 e. The molecule has 3 heteroatoms. The summed E-state index contributed by atoms with van der Waals surface area (Å²) in [5.41, 5.74) is 0. The van der Waals surface area contributed by atoms with Crippen molar-refractivity contribution in [2.24, 2.45) is 0 Å². The van der Waals surface area contributed by atoms with Gasteiger partial charge in [-0.2, -0.15) is 0 Å². The van der Waals surface area contributed by atoms with E-state index in [0.29, 0.717) is 26.6 Å². The molecule has 0 aliphatic heterocycles. The molecule has 0 aromatic rings. The molecule has 11 heavy (non-hydrogen) atoms. The second-order valence-electron chi connectivity index (χ2n) is 5.97. The summed E-state index contributed by atoms with van der Waals surface area (Å²) >= 11 is 0. The zero-order chi connectivity index (χ0) is 9.12. The van der Waals surface area contributed by atoms with Crippen LogP contribution >= 0.6 is 0 Å². The summed E-state index contributed by atoms with van der Waals surface area (Å²) in [5, 5.41) is 1.51. The van der Waals surface area contributed by atoms with Gasteiger partial charge in [0.25, 0.3) is 0 Å². The summed E-state index contributed by atoms with van der Waals surface area (Å²) in [5.74, 6) is 0. The molecule has 0 N–H and O–H groups in total. The molecule has 0 aliphatic rings. The average molecular weight is 205 g/mol. The summed E-state index contributed by atoms with van der Waals surface area (Å²) in [6, 6.07) is 0. The fourth-order valence-electron chi connectivity index (χ4n) is 1.15. The number of hydrogen-bond acceptors (Lipinski definition) is 0. The second-order valence-corrected chi connectivity index (χ2v) is 23.4. The van der Waals surface area contributed by atoms with Crippen LogP contribution in [0.4, 0.5) is 0 Å². The van der Waals surface area contributed by atoms with E-state index in [9.17, 15) is 0 Å². The Hall–Kier alpha value is 0.651. The van der Waals surface area contributed by atoms with E-state index in [0.717, 1.165) is 10.1 Å². The van der Waals surface area contributed by atoms with Gasteiger partial charge in [0.15, 0.2) is 0 Å². The van der Waals surface area contributed by atoms with Gasteiger partial charge in [0.05, 0.1) is 0 Å². The molecule has 0 spiro atoms. The molecule has 0 nitrogen and oxygen atoms in total. The van der Waals surface area contributed by atoms with Gasteiger partial charge in [-0.25, -0.2) is 0 Å². The SMILES string of the molecule is CC(C)(C)[SiH2][SiH2][SiH2]C(C)(C)C. The zero-order valence-electron chi connectivity index (χ0n) is 9.12. The van der Waals surface area contributed by atoms with Crippen molar-refractivity contribution in [2.75, 3.05) is 0 Å². The van der Waals surface area contributed by atoms with Gasteiger partial charge < -0.3 is 0 Å². The molecule has 0 aromatic carbocycles. The highest BCUT2D eigenvalue weighted by molar-refractivity contribution is 7.30. The summed E-state index contributed by atoms with van der Waals surface area (Å²) in [4.78, 5) is 0. The third-order valence-corrected chi connectivity index (χ3v) is 23.0. The van der Waals surface area contributed by atoms with Crippen molar-refractivity contribution in [3.8, 4) is 0 Å². The molecule has 0 aromatic heterocycles. The summed E-state index contributed by atoms with van der Waals surface area (Å²) in [7, 11) is 1.22. The molecular formula is C8H24Si3. The molecule has 0 atom stereocenters. The highest BCUT2D eigenvalue weighted by Crippen LogP contribution is 2.22. The minimum atomic E-state index is 0.370. The van der Waals surface area contributed by atoms with E-state index in [-0.39, 0.29) is 0 Å². The molecule has 0 heterocycles. The Labute approximate surface area is 78.6 Å². The van der Waals surface area contributed by atoms with Gasteiger partial charge in [0.2, 0.25) is 0 Å². The highest BCUT2D eigenvalue weighted by Gasteiger charge is 2.15. The van der Waals surface area contributed by atoms with Crippen LogP contribution in [0, 0.1) is 0 Å². The fraction of sp³-hybridized carbons (Fsp3) is 1.00. The van der Waals surface area contributed by atoms with Gasteiger partial charge >= 0.3 is 0 Å². The maximum absolute atomic E-state index is 2.43. The average Bonchev–Trinajstić information content (AvgIpc) is 1.55. The summed E-state index contributed by atoms with van der Waals surface area (Å²) < 4.78 is 0. The van der Waals surface area contributed by atoms with Crippen molar-refractivity contribution in [3.63, 3.8) is 0 Å². The van der Waals surface area contributed by atoms with Crippen LogP contribution in [0.5, 0.6) is 0 Å². The minimum absolute atomic E-state index is 0.370. The summed E-state index contributed by atoms with van der Waals surface area (Å²) in [6.45, 7) is 14.6. The third kappa shape index (κ3) is 10.7. The first kappa shape index (κ1) is 11.7. The van der Waals surface area contributed by atoms with Crippen LogP contribution in [0.3, 0.4) is 0 Å². The van der Waals surface area contributed by atoms with Crippen LogP contribution in [0.25, 0.3) is 0 Å². The second kappa shape index (κ2) is 4.05. The first-order valence-electron chi connectivity index (χ1n) is 4.71. The van der Waals surface area contributed by atoms with E-state index in [2.05, 4.69) is 41.5 Å². The Kier molecular flexibility index (Phi) is 4.29. The lowest BCUT2D eigenvalue weighted by molar-refractivity contribution is 0.759. The Morgan fingerprint density at radius 1 is 0.636 bits per heavy atom. The molecule has 0 fully saturated rings. The first-order valence-corrected chi connectivity index (χ1v) is 14.1. The Bertz CT molecular complexity index is 93.5. The summed E-state index contributed by atoms with van der Waals surface area (Å²) in [6.07, 6.45) is 0. The molecule has 0 saturated carbocycles. The van der Waals surface area contributed by atoms with Gasteiger partial charge in [-0.3, -0.25) is 0 Å². The van der Waals surface area contributed by atoms with E-state index in [4.69, 9.17) is 0 Å². The quantitative estimate of drug-likeness (QED) is 0.583. The van der Waals surface area contributed by atoms with Crippen LogP contribution in [0.1, 0.15) is 41.5 Å². The van der Waals surface area contributed by atoms with Gasteiger partial charge in [0, 0.05) is 18.1 Å². The zero-order valence-corrected chi connectivity index (χ0v) is 13.4. The van der Waals surface area contributed by atoms with Crippen molar-refractivity contribution in [2.45, 2.75) is 51.6 Å². The van der Waals surface area contributed by atoms with E-state index >= 15 is 0 Å². The normalized spacial score (nSPS) is 16.9. The maximum Gasteiger partial charge on any atom is 0.0116 e. The molecule has 0 aliphatic carbocycles. The Morgan fingerprint density at radius 2 is 0.909 bits per heavy atom. The molecule has 0 bridgehead atoms. The van der Waals surface area contributed by atoms with E-state index < -0.39 is 0 Å². The van der Waals surface area contributed by atoms with Gasteiger partial charge in [-0.05, 0) is 8.55 Å². The van der Waals surface area contributed by atoms with Gasteiger partial charge in [0.1, 0.15) is 0 Å². The Balaban J connectivity index is 3.44. The molecule has 68 valence electrons. The van der Waals surface area contributed by atoms with Gasteiger partial charge in [-0.1, -0.05) is 51.6 Å². The van der Waals surface area contributed by atoms with E-state index in [1.807, 2.05) is 0 Å². The highest BCUT2D eigenvalue weighted by atomic mass is 29.5. The lowest BCUT2D eigenvalue weighted by Gasteiger charge is -2.21. The Morgan fingerprint density at radius 3 is 1.09 bits per heavy atom. The molecular weight excluding hydrogens is 180 g/mol. The maximum atomic E-state index is 2.43. The van der Waals surface area contributed by atoms with Crippen molar-refractivity contribution in [1.82, 2.24) is 0 Å². The largest absolute Gasteiger partial charge is 0.0634 e. The van der Waals surface area contributed by atoms with Crippen LogP contribution in [-0.2, 0) is 0 Å². The van der Waals surface area contributed by atoms with E-state index in [1.54, 1.807) is 0 Å². The van der Waals surface area contributed by atoms with Crippen molar-refractivity contribution >= 4 is 26.6 Å². The molecule has 0 radical (unpaired) electrons. The monoisotopic (exact) mass is 204 g/mol. The van der Waals surface area contributed by atoms with Crippen LogP contribution in [-0.4, -0.2) is 26.6 Å². The van der Waals surface area contributed by atoms with Crippen LogP contribution < -0.4 is 0 Å². The predicted molar refractivity (Wildman–Crippen MR) is 65.1 cm³/mol. The third-order valence-electron chi connectivity index (χ3n) is 1.85. The lowest BCUT2D eigenvalue weighted by Crippen LogP contribution is -2.26. The van der Waals surface area contributed by atoms with E-state index in [1.165, 1.54) is 0 Å². The van der Waals surface area contributed by atoms with Gasteiger partial charge in [-0.15, -0.1) is 0 Å². The molecule has 0 saturated heterocycles. The fourth-order valence-corrected chi connectivity index (χ4v) is 31.0. The van der Waals surface area contributed by atoms with Crippen LogP contribution in [0.2, 0.25) is 10.1 Å². The number of hydrogen-bond donors (Lipinski definition) is 0. The standard InChI is InChI=1S/C8H24Si3/c1-7(2,3)9-11-10-8(4,5)6/h9-11H2,1-6H3. The van der Waals surface area contributed by atoms with Crippen molar-refractivity contribution in [3.05, 3.63) is 0 Å². The smallest absolute Gasteiger partial charge is 0.0116 e. The first-order chi connectivity index (χ1) is 4.71. The topological polar surface area (TPSA) is 0 Å². The lowest BCUT2D eigenvalue weighted by atomic mass is 10.3. The predicted octanol–water partition coefficient (Wildman–Crippen LogP) is 0.760. The molecule has 0 amide bonds. The van der Waals surface area contributed by atoms with Crippen molar-refractivity contribution in [1.29, 1.82) is 0 Å². The van der Waals surface area contributed by atoms with Crippen molar-refractivity contribution < 1.29 is 0 Å². The number of rotatable bonds is 2.